The van der Waals surface area contributed by atoms with Crippen molar-refractivity contribution in [2.75, 3.05) is 0 Å². The Labute approximate surface area is 208 Å². The average Bonchev–Trinajstić information content (AvgIpc) is 3.55. The van der Waals surface area contributed by atoms with Gasteiger partial charge >= 0.3 is 99.8 Å². The molecule has 0 heterocycles. The molecule has 6 aromatic carbocycles. The summed E-state index contributed by atoms with van der Waals surface area (Å²) in [5.41, 5.74) is -0.455. The molecule has 0 saturated heterocycles. The fraction of sp³-hybridized carbons (Fsp3) is 0. The Bertz CT molecular complexity index is 1220. The number of hydrogen-bond acceptors (Lipinski definition) is 0. The summed E-state index contributed by atoms with van der Waals surface area (Å²) in [6, 6.07) is 51.0. The second kappa shape index (κ2) is 11.7. The van der Waals surface area contributed by atoms with Crippen LogP contribution in [0, 0.1) is 0 Å². The standard InChI is InChI=1S/C12H10Si.2C9H7.Zr.2H/c1-3-7-11(8-4-1)13-12-9-5-2-6-10-12;2*1-2-5-9-7-3-6-8(9)4-1;;;/h1-10H;2*1-7H;;;/q;2*-1;+2;2*-1. The molecule has 0 radical (unpaired) electrons. The maximum absolute atomic E-state index is 2.25. The van der Waals surface area contributed by atoms with Crippen LogP contribution in [0.1, 0.15) is 2.85 Å². The van der Waals surface area contributed by atoms with E-state index in [1.807, 2.05) is 0 Å². The fourth-order valence-corrected chi connectivity index (χ4v) is 7.36. The maximum atomic E-state index is 2.25. The summed E-state index contributed by atoms with van der Waals surface area (Å²) in [7, 11) is 0. The Balaban J connectivity index is 0.000000181. The van der Waals surface area contributed by atoms with Gasteiger partial charge in [-0.05, 0) is 0 Å². The Kier molecular flexibility index (Phi) is 8.20. The van der Waals surface area contributed by atoms with Crippen LogP contribution >= 0.6 is 0 Å². The summed E-state index contributed by atoms with van der Waals surface area (Å²) in [6.45, 7) is 0. The van der Waals surface area contributed by atoms with E-state index in [4.69, 9.17) is 0 Å². The monoisotopic (exact) mass is 504 g/mol. The van der Waals surface area contributed by atoms with Crippen molar-refractivity contribution in [1.29, 1.82) is 0 Å². The van der Waals surface area contributed by atoms with E-state index in [0.29, 0.717) is 0 Å². The van der Waals surface area contributed by atoms with Crippen LogP contribution in [0.25, 0.3) is 21.5 Å². The van der Waals surface area contributed by atoms with Gasteiger partial charge in [-0.2, -0.15) is 35.0 Å². The smallest absolute Gasteiger partial charge is 0.0809 e. The molecule has 0 bridgehead atoms. The molecule has 0 nitrogen and oxygen atoms in total. The fourth-order valence-electron chi connectivity index (χ4n) is 3.52. The Hall–Kier alpha value is -2.80. The zero-order chi connectivity index (χ0) is 22.0. The minimum Gasteiger partial charge on any atom is -0.168 e. The van der Waals surface area contributed by atoms with E-state index in [1.165, 1.54) is 31.9 Å². The zero-order valence-electron chi connectivity index (χ0n) is 19.9. The normalized spacial score (nSPS) is 10.1. The third-order valence-corrected chi connectivity index (χ3v) is 11.3. The largest absolute Gasteiger partial charge is 0.168 e. The van der Waals surface area contributed by atoms with Crippen LogP contribution in [0.2, 0.25) is 0 Å². The maximum Gasteiger partial charge on any atom is -0.0809 e. The molecule has 0 aliphatic heterocycles. The van der Waals surface area contributed by atoms with Gasteiger partial charge in [0.15, 0.2) is 0 Å². The molecule has 2 heteroatoms. The molecule has 0 aromatic heterocycles. The molecule has 32 heavy (non-hydrogen) atoms. The average molecular weight is 506 g/mol. The molecule has 0 aliphatic carbocycles. The molecule has 0 unspecified atom stereocenters. The molecule has 156 valence electrons. The van der Waals surface area contributed by atoms with Gasteiger partial charge in [0.2, 0.25) is 0 Å². The van der Waals surface area contributed by atoms with Gasteiger partial charge in [-0.3, -0.25) is 0 Å². The van der Waals surface area contributed by atoms with Crippen molar-refractivity contribution >= 4 is 37.4 Å². The molecule has 0 amide bonds. The molecular weight excluding hydrogens is 480 g/mol. The van der Waals surface area contributed by atoms with Gasteiger partial charge in [0.25, 0.3) is 0 Å². The van der Waals surface area contributed by atoms with Crippen molar-refractivity contribution in [3.05, 3.63) is 146 Å². The Morgan fingerprint density at radius 2 is 0.844 bits per heavy atom. The first kappa shape index (κ1) is 22.4. The molecule has 0 fully saturated rings. The van der Waals surface area contributed by atoms with Crippen molar-refractivity contribution in [2.24, 2.45) is 0 Å². The summed E-state index contributed by atoms with van der Waals surface area (Å²) < 4.78 is 0. The van der Waals surface area contributed by atoms with E-state index in [-0.39, 0.29) is 2.85 Å². The van der Waals surface area contributed by atoms with Crippen LogP contribution in [0.5, 0.6) is 0 Å². The third kappa shape index (κ3) is 6.13. The van der Waals surface area contributed by atoms with Crippen LogP contribution in [0.15, 0.2) is 146 Å². The summed E-state index contributed by atoms with van der Waals surface area (Å²) >= 11 is 1.64. The van der Waals surface area contributed by atoms with E-state index >= 15 is 0 Å². The van der Waals surface area contributed by atoms with Gasteiger partial charge in [-0.25, -0.2) is 0 Å². The molecule has 0 atom stereocenters. The summed E-state index contributed by atoms with van der Waals surface area (Å²) in [5, 5.41) is 8.36. The molecule has 0 N–H and O–H groups in total. The Morgan fingerprint density at radius 1 is 0.469 bits per heavy atom. The quantitative estimate of drug-likeness (QED) is 0.182. The second-order valence-corrected chi connectivity index (χ2v) is 13.0. The first-order valence-electron chi connectivity index (χ1n) is 10.7. The van der Waals surface area contributed by atoms with Crippen LogP contribution in [0.3, 0.4) is 0 Å². The van der Waals surface area contributed by atoms with E-state index in [0.717, 1.165) is 0 Å². The number of benzene rings is 4. The van der Waals surface area contributed by atoms with Crippen molar-refractivity contribution in [1.82, 2.24) is 0 Å². The summed E-state index contributed by atoms with van der Waals surface area (Å²) in [6.07, 6.45) is 0. The molecular formula is C30H26SiZr-2. The second-order valence-electron chi connectivity index (χ2n) is 7.42. The van der Waals surface area contributed by atoms with Gasteiger partial charge in [-0.15, -0.1) is 59.3 Å². The van der Waals surface area contributed by atoms with Crippen molar-refractivity contribution in [2.45, 2.75) is 0 Å². The van der Waals surface area contributed by atoms with Gasteiger partial charge in [-0.1, -0.05) is 12.1 Å². The number of hydrogen-bond donors (Lipinski definition) is 0. The van der Waals surface area contributed by atoms with Crippen LogP contribution in [0.4, 0.5) is 0 Å². The van der Waals surface area contributed by atoms with Gasteiger partial charge in [0, 0.05) is 0 Å². The molecule has 6 aromatic rings. The first-order valence-corrected chi connectivity index (χ1v) is 15.9. The van der Waals surface area contributed by atoms with Crippen LogP contribution in [-0.2, 0) is 23.3 Å². The number of fused-ring (bicyclic) bond motifs is 2. The third-order valence-electron chi connectivity index (χ3n) is 5.22. The molecule has 0 saturated carbocycles. The van der Waals surface area contributed by atoms with E-state index in [1.54, 1.807) is 23.3 Å². The predicted octanol–water partition coefficient (Wildman–Crippen LogP) is 6.68. The van der Waals surface area contributed by atoms with Crippen LogP contribution < -0.4 is 10.4 Å². The minimum atomic E-state index is -0.455. The molecule has 6 rings (SSSR count). The Morgan fingerprint density at radius 3 is 1.25 bits per heavy atom. The molecule has 0 spiro atoms. The topological polar surface area (TPSA) is 0 Å². The zero-order valence-corrected chi connectivity index (χ0v) is 21.3. The summed E-state index contributed by atoms with van der Waals surface area (Å²) in [5.74, 6) is 0. The van der Waals surface area contributed by atoms with E-state index in [2.05, 4.69) is 146 Å². The van der Waals surface area contributed by atoms with Gasteiger partial charge in [0.05, 0.1) is 0 Å². The predicted molar refractivity (Wildman–Crippen MR) is 139 cm³/mol. The van der Waals surface area contributed by atoms with E-state index < -0.39 is 5.43 Å². The van der Waals surface area contributed by atoms with E-state index in [9.17, 15) is 0 Å². The van der Waals surface area contributed by atoms with Crippen LogP contribution in [-0.4, -0.2) is 5.43 Å². The van der Waals surface area contributed by atoms with Crippen molar-refractivity contribution < 1.29 is 26.2 Å². The number of rotatable bonds is 2. The van der Waals surface area contributed by atoms with Gasteiger partial charge < -0.3 is 2.85 Å². The minimum absolute atomic E-state index is 0. The van der Waals surface area contributed by atoms with Gasteiger partial charge in [0.1, 0.15) is 0 Å². The van der Waals surface area contributed by atoms with Crippen molar-refractivity contribution in [3.8, 4) is 0 Å². The summed E-state index contributed by atoms with van der Waals surface area (Å²) in [4.78, 5) is 0. The first-order chi connectivity index (χ1) is 15.8. The van der Waals surface area contributed by atoms with Crippen molar-refractivity contribution in [3.63, 3.8) is 0 Å². The SMILES string of the molecule is [H-].[H-].[Zr+2]=[Si](c1ccccc1)c1ccccc1.c1ccc2[cH-]ccc2c1.c1ccc2[cH-]ccc2c1. The molecule has 0 aliphatic rings.